The molecule has 0 radical (unpaired) electrons. The van der Waals surface area contributed by atoms with Crippen molar-refractivity contribution in [3.8, 4) is 0 Å². The van der Waals surface area contributed by atoms with Gasteiger partial charge in [0.1, 0.15) is 0 Å². The predicted octanol–water partition coefficient (Wildman–Crippen LogP) is 5.77. The Hall–Kier alpha value is -1.68. The monoisotopic (exact) mass is 349 g/mol. The Morgan fingerprint density at radius 3 is 1.76 bits per heavy atom. The first-order valence-electron chi connectivity index (χ1n) is 9.52. The third-order valence-electron chi connectivity index (χ3n) is 3.69. The summed E-state index contributed by atoms with van der Waals surface area (Å²) < 4.78 is 0. The maximum atomic E-state index is 10.2. The van der Waals surface area contributed by atoms with E-state index in [9.17, 15) is 10.1 Å². The van der Waals surface area contributed by atoms with E-state index in [2.05, 4.69) is 48.6 Å². The molecule has 1 atom stereocenters. The first-order valence-corrected chi connectivity index (χ1v) is 9.52. The van der Waals surface area contributed by atoms with E-state index in [1.54, 1.807) is 0 Å². The van der Waals surface area contributed by atoms with Gasteiger partial charge in [-0.05, 0) is 64.7 Å². The second-order valence-corrected chi connectivity index (χ2v) is 6.28. The van der Waals surface area contributed by atoms with Crippen molar-refractivity contribution in [2.24, 2.45) is 0 Å². The van der Waals surface area contributed by atoms with Crippen LogP contribution in [-0.2, 0) is 0 Å². The van der Waals surface area contributed by atoms with Crippen LogP contribution in [0.4, 0.5) is 0 Å². The summed E-state index contributed by atoms with van der Waals surface area (Å²) in [5.74, 6) is 0. The molecule has 0 fully saturated rings. The van der Waals surface area contributed by atoms with Crippen LogP contribution < -0.4 is 0 Å². The van der Waals surface area contributed by atoms with Gasteiger partial charge in [0.2, 0.25) is 6.54 Å². The van der Waals surface area contributed by atoms with Crippen molar-refractivity contribution in [3.63, 3.8) is 0 Å². The summed E-state index contributed by atoms with van der Waals surface area (Å²) in [6, 6.07) is 0. The van der Waals surface area contributed by atoms with Crippen molar-refractivity contribution in [2.75, 3.05) is 6.54 Å². The van der Waals surface area contributed by atoms with Crippen molar-refractivity contribution in [1.29, 1.82) is 0 Å². The Labute approximate surface area is 153 Å². The molecular formula is C21H35NO3. The standard InChI is InChI=1S/C21H35NO3/c1-21(23)19-17-15-13-11-9-7-5-3-2-4-6-8-10-12-14-16-18-20-22(24)25/h2,4-5,7-8,10-11,13,21,23H,3,6,9,12,14-20H2,1H3. The Balaban J connectivity index is 3.40. The number of nitrogens with zero attached hydrogens (tertiary/aromatic N) is 1. The summed E-state index contributed by atoms with van der Waals surface area (Å²) in [6.45, 7) is 1.93. The summed E-state index contributed by atoms with van der Waals surface area (Å²) >= 11 is 0. The third kappa shape index (κ3) is 22.3. The number of rotatable bonds is 16. The average molecular weight is 350 g/mol. The minimum absolute atomic E-state index is 0.0960. The van der Waals surface area contributed by atoms with Crippen molar-refractivity contribution in [3.05, 3.63) is 58.7 Å². The Morgan fingerprint density at radius 2 is 1.28 bits per heavy atom. The van der Waals surface area contributed by atoms with Gasteiger partial charge in [0, 0.05) is 11.3 Å². The van der Waals surface area contributed by atoms with Crippen LogP contribution in [0.1, 0.15) is 71.1 Å². The topological polar surface area (TPSA) is 63.4 Å². The number of aliphatic hydroxyl groups is 1. The zero-order valence-corrected chi connectivity index (χ0v) is 15.7. The van der Waals surface area contributed by atoms with Crippen LogP contribution in [0.25, 0.3) is 0 Å². The number of aliphatic hydroxyl groups excluding tert-OH is 1. The highest BCUT2D eigenvalue weighted by Gasteiger charge is 1.95. The van der Waals surface area contributed by atoms with Crippen LogP contribution in [0.2, 0.25) is 0 Å². The molecule has 25 heavy (non-hydrogen) atoms. The van der Waals surface area contributed by atoms with Crippen molar-refractivity contribution < 1.29 is 10.0 Å². The van der Waals surface area contributed by atoms with E-state index in [1.807, 2.05) is 6.92 Å². The van der Waals surface area contributed by atoms with Crippen molar-refractivity contribution in [2.45, 2.75) is 77.2 Å². The quantitative estimate of drug-likeness (QED) is 0.166. The Kier molecular flexibility index (Phi) is 17.4. The van der Waals surface area contributed by atoms with Gasteiger partial charge in [0.05, 0.1) is 6.10 Å². The summed E-state index contributed by atoms with van der Waals surface area (Å²) in [7, 11) is 0. The van der Waals surface area contributed by atoms with Crippen LogP contribution in [0.5, 0.6) is 0 Å². The second kappa shape index (κ2) is 18.7. The minimum atomic E-state index is -0.245. The predicted molar refractivity (Wildman–Crippen MR) is 106 cm³/mol. The molecule has 0 aromatic rings. The van der Waals surface area contributed by atoms with Crippen LogP contribution in [0, 0.1) is 10.1 Å². The SMILES string of the molecule is CC(O)CCCC=CCC=CCC=CCC=CCCCCC[N+](=O)[O-]. The number of allylic oxidation sites excluding steroid dienone is 8. The van der Waals surface area contributed by atoms with Gasteiger partial charge in [-0.3, -0.25) is 10.1 Å². The fourth-order valence-corrected chi connectivity index (χ4v) is 2.26. The zero-order chi connectivity index (χ0) is 18.6. The number of nitro groups is 1. The lowest BCUT2D eigenvalue weighted by atomic mass is 10.1. The maximum Gasteiger partial charge on any atom is 0.203 e. The molecule has 4 nitrogen and oxygen atoms in total. The van der Waals surface area contributed by atoms with E-state index in [1.165, 1.54) is 0 Å². The zero-order valence-electron chi connectivity index (χ0n) is 15.7. The van der Waals surface area contributed by atoms with Gasteiger partial charge in [0.15, 0.2) is 0 Å². The van der Waals surface area contributed by atoms with Gasteiger partial charge < -0.3 is 5.11 Å². The first kappa shape index (κ1) is 23.3. The fourth-order valence-electron chi connectivity index (χ4n) is 2.26. The number of hydrogen-bond acceptors (Lipinski definition) is 3. The largest absolute Gasteiger partial charge is 0.393 e. The van der Waals surface area contributed by atoms with E-state index in [0.29, 0.717) is 6.42 Å². The lowest BCUT2D eigenvalue weighted by Gasteiger charge is -1.99. The lowest BCUT2D eigenvalue weighted by Crippen LogP contribution is -1.99. The normalized spacial score (nSPS) is 13.7. The highest BCUT2D eigenvalue weighted by molar-refractivity contribution is 4.99. The lowest BCUT2D eigenvalue weighted by molar-refractivity contribution is -0.480. The van der Waals surface area contributed by atoms with Gasteiger partial charge in [-0.25, -0.2) is 0 Å². The van der Waals surface area contributed by atoms with Crippen LogP contribution >= 0.6 is 0 Å². The molecule has 1 N–H and O–H groups in total. The van der Waals surface area contributed by atoms with E-state index in [0.717, 1.165) is 57.8 Å². The molecule has 0 amide bonds. The fraction of sp³-hybridized carbons (Fsp3) is 0.619. The summed E-state index contributed by atoms with van der Waals surface area (Å²) in [4.78, 5) is 9.91. The first-order chi connectivity index (χ1) is 12.1. The molecule has 0 aliphatic carbocycles. The summed E-state index contributed by atoms with van der Waals surface area (Å²) in [6.07, 6.45) is 26.7. The minimum Gasteiger partial charge on any atom is -0.393 e. The maximum absolute atomic E-state index is 10.2. The van der Waals surface area contributed by atoms with Crippen LogP contribution in [0.15, 0.2) is 48.6 Å². The Morgan fingerprint density at radius 1 is 0.800 bits per heavy atom. The number of unbranched alkanes of at least 4 members (excludes halogenated alkanes) is 4. The molecule has 0 bridgehead atoms. The molecule has 0 heterocycles. The highest BCUT2D eigenvalue weighted by Crippen LogP contribution is 2.03. The van der Waals surface area contributed by atoms with Gasteiger partial charge in [0.25, 0.3) is 0 Å². The van der Waals surface area contributed by atoms with Crippen LogP contribution in [0.3, 0.4) is 0 Å². The summed E-state index contributed by atoms with van der Waals surface area (Å²) in [5.41, 5.74) is 0. The molecule has 0 saturated carbocycles. The van der Waals surface area contributed by atoms with E-state index < -0.39 is 0 Å². The van der Waals surface area contributed by atoms with Gasteiger partial charge in [-0.2, -0.15) is 0 Å². The molecule has 0 aliphatic heterocycles. The van der Waals surface area contributed by atoms with E-state index in [-0.39, 0.29) is 17.6 Å². The van der Waals surface area contributed by atoms with E-state index >= 15 is 0 Å². The molecule has 0 aromatic carbocycles. The Bertz CT molecular complexity index is 423. The molecule has 0 saturated heterocycles. The van der Waals surface area contributed by atoms with Gasteiger partial charge in [-0.15, -0.1) is 0 Å². The highest BCUT2D eigenvalue weighted by atomic mass is 16.6. The number of hydrogen-bond donors (Lipinski definition) is 1. The molecule has 1 unspecified atom stereocenters. The smallest absolute Gasteiger partial charge is 0.203 e. The molecule has 142 valence electrons. The molecular weight excluding hydrogens is 314 g/mol. The molecule has 0 aliphatic rings. The van der Waals surface area contributed by atoms with Gasteiger partial charge in [-0.1, -0.05) is 48.6 Å². The van der Waals surface area contributed by atoms with Crippen molar-refractivity contribution >= 4 is 0 Å². The second-order valence-electron chi connectivity index (χ2n) is 6.28. The third-order valence-corrected chi connectivity index (χ3v) is 3.69. The van der Waals surface area contributed by atoms with Crippen LogP contribution in [-0.4, -0.2) is 22.7 Å². The summed E-state index contributed by atoms with van der Waals surface area (Å²) in [5, 5.41) is 19.3. The van der Waals surface area contributed by atoms with Gasteiger partial charge >= 0.3 is 0 Å². The molecule has 0 aromatic heterocycles. The molecule has 4 heteroatoms. The van der Waals surface area contributed by atoms with Crippen molar-refractivity contribution in [1.82, 2.24) is 0 Å². The molecule has 0 rings (SSSR count). The van der Waals surface area contributed by atoms with E-state index in [4.69, 9.17) is 5.11 Å². The molecule has 0 spiro atoms. The average Bonchev–Trinajstić information content (AvgIpc) is 2.56.